The van der Waals surface area contributed by atoms with Crippen molar-refractivity contribution in [2.24, 2.45) is 0 Å². The van der Waals surface area contributed by atoms with Gasteiger partial charge in [-0.3, -0.25) is 0 Å². The van der Waals surface area contributed by atoms with Crippen LogP contribution in [0.15, 0.2) is 36.4 Å². The Morgan fingerprint density at radius 1 is 1.00 bits per heavy atom. The molecule has 0 amide bonds. The van der Waals surface area contributed by atoms with Crippen molar-refractivity contribution in [1.29, 1.82) is 0 Å². The molecule has 1 heterocycles. The summed E-state index contributed by atoms with van der Waals surface area (Å²) in [6.07, 6.45) is 1.85. The number of hydrogen-bond acceptors (Lipinski definition) is 4. The number of aliphatic hydroxyl groups excluding tert-OH is 1. The molecule has 3 atom stereocenters. The highest BCUT2D eigenvalue weighted by Crippen LogP contribution is 2.37. The van der Waals surface area contributed by atoms with Crippen molar-refractivity contribution in [3.8, 4) is 5.75 Å². The van der Waals surface area contributed by atoms with E-state index in [4.69, 9.17) is 13.9 Å². The SMILES string of the molecule is CC(C)(C)c1ccc(O[C@@H]2C=C[C@@H](O)[C@@H](CO[Si](C)(C)C(C)(C)C)O2)cc1. The Hall–Kier alpha value is -1.14. The van der Waals surface area contributed by atoms with E-state index < -0.39 is 26.8 Å². The topological polar surface area (TPSA) is 47.9 Å². The van der Waals surface area contributed by atoms with E-state index in [2.05, 4.69) is 66.8 Å². The Labute approximate surface area is 165 Å². The van der Waals surface area contributed by atoms with Gasteiger partial charge in [0.2, 0.25) is 6.29 Å². The van der Waals surface area contributed by atoms with Crippen LogP contribution in [0.4, 0.5) is 0 Å². The van der Waals surface area contributed by atoms with Crippen LogP contribution in [0.25, 0.3) is 0 Å². The molecule has 152 valence electrons. The summed E-state index contributed by atoms with van der Waals surface area (Å²) in [5.41, 5.74) is 1.36. The molecular weight excluding hydrogens is 356 g/mol. The summed E-state index contributed by atoms with van der Waals surface area (Å²) < 4.78 is 18.1. The highest BCUT2D eigenvalue weighted by molar-refractivity contribution is 6.74. The summed E-state index contributed by atoms with van der Waals surface area (Å²) in [4.78, 5) is 0. The summed E-state index contributed by atoms with van der Waals surface area (Å²) in [5, 5.41) is 10.4. The van der Waals surface area contributed by atoms with Gasteiger partial charge in [-0.15, -0.1) is 0 Å². The van der Waals surface area contributed by atoms with Gasteiger partial charge in [0.15, 0.2) is 8.32 Å². The first-order valence-electron chi connectivity index (χ1n) is 9.73. The van der Waals surface area contributed by atoms with E-state index in [-0.39, 0.29) is 10.5 Å². The van der Waals surface area contributed by atoms with E-state index in [9.17, 15) is 5.11 Å². The van der Waals surface area contributed by atoms with Gasteiger partial charge in [-0.25, -0.2) is 0 Å². The van der Waals surface area contributed by atoms with Gasteiger partial charge in [0.25, 0.3) is 0 Å². The van der Waals surface area contributed by atoms with Crippen LogP contribution in [-0.4, -0.2) is 38.5 Å². The number of hydrogen-bond donors (Lipinski definition) is 1. The Balaban J connectivity index is 1.97. The van der Waals surface area contributed by atoms with Crippen LogP contribution in [0.1, 0.15) is 47.1 Å². The van der Waals surface area contributed by atoms with Gasteiger partial charge in [0, 0.05) is 0 Å². The van der Waals surface area contributed by atoms with Crippen molar-refractivity contribution in [1.82, 2.24) is 0 Å². The van der Waals surface area contributed by atoms with Crippen LogP contribution >= 0.6 is 0 Å². The van der Waals surface area contributed by atoms with E-state index >= 15 is 0 Å². The van der Waals surface area contributed by atoms with Crippen LogP contribution in [-0.2, 0) is 14.6 Å². The first-order valence-corrected chi connectivity index (χ1v) is 12.6. The normalized spacial score (nSPS) is 24.1. The molecule has 27 heavy (non-hydrogen) atoms. The zero-order valence-electron chi connectivity index (χ0n) is 18.1. The standard InChI is InChI=1S/C22H36O4Si/c1-21(2,3)16-9-11-17(12-10-16)25-20-14-13-18(23)19(26-20)15-24-27(7,8)22(4,5)6/h9-14,18-20,23H,15H2,1-8H3/t18-,19-,20+/m1/s1. The molecule has 0 saturated carbocycles. The monoisotopic (exact) mass is 392 g/mol. The van der Waals surface area contributed by atoms with Gasteiger partial charge >= 0.3 is 0 Å². The van der Waals surface area contributed by atoms with Gasteiger partial charge in [0.05, 0.1) is 6.61 Å². The Morgan fingerprint density at radius 3 is 2.11 bits per heavy atom. The lowest BCUT2D eigenvalue weighted by Gasteiger charge is -2.38. The zero-order valence-corrected chi connectivity index (χ0v) is 19.1. The van der Waals surface area contributed by atoms with Crippen molar-refractivity contribution >= 4 is 8.32 Å². The molecule has 0 spiro atoms. The molecule has 1 aromatic rings. The fourth-order valence-corrected chi connectivity index (χ4v) is 3.52. The molecule has 1 aromatic carbocycles. The van der Waals surface area contributed by atoms with Gasteiger partial charge in [0.1, 0.15) is 18.0 Å². The fraction of sp³-hybridized carbons (Fsp3) is 0.636. The molecule has 2 rings (SSSR count). The smallest absolute Gasteiger partial charge is 0.220 e. The lowest BCUT2D eigenvalue weighted by molar-refractivity contribution is -0.141. The van der Waals surface area contributed by atoms with Crippen LogP contribution in [0.5, 0.6) is 5.75 Å². The molecule has 0 radical (unpaired) electrons. The predicted octanol–water partition coefficient (Wildman–Crippen LogP) is 5.03. The third-order valence-electron chi connectivity index (χ3n) is 5.54. The van der Waals surface area contributed by atoms with Crippen LogP contribution in [0, 0.1) is 0 Å². The van der Waals surface area contributed by atoms with E-state index in [1.807, 2.05) is 12.1 Å². The molecular formula is C22H36O4Si. The summed E-state index contributed by atoms with van der Waals surface area (Å²) in [6, 6.07) is 8.08. The molecule has 0 unspecified atom stereocenters. The summed E-state index contributed by atoms with van der Waals surface area (Å²) in [5.74, 6) is 0.748. The van der Waals surface area contributed by atoms with Gasteiger partial charge in [-0.2, -0.15) is 0 Å². The maximum atomic E-state index is 10.2. The quantitative estimate of drug-likeness (QED) is 0.564. The van der Waals surface area contributed by atoms with Crippen LogP contribution in [0.2, 0.25) is 18.1 Å². The molecule has 4 nitrogen and oxygen atoms in total. The maximum Gasteiger partial charge on any atom is 0.220 e. The Kier molecular flexibility index (Phi) is 6.62. The van der Waals surface area contributed by atoms with Gasteiger partial charge in [-0.1, -0.05) is 59.8 Å². The molecule has 0 fully saturated rings. The van der Waals surface area contributed by atoms with Gasteiger partial charge < -0.3 is 19.0 Å². The molecule has 0 saturated heterocycles. The molecule has 5 heteroatoms. The minimum atomic E-state index is -1.89. The Bertz CT molecular complexity index is 638. The number of aliphatic hydroxyl groups is 1. The van der Waals surface area contributed by atoms with Crippen molar-refractivity contribution in [3.05, 3.63) is 42.0 Å². The predicted molar refractivity (Wildman–Crippen MR) is 113 cm³/mol. The molecule has 0 bridgehead atoms. The van der Waals surface area contributed by atoms with Crippen LogP contribution in [0.3, 0.4) is 0 Å². The fourth-order valence-electron chi connectivity index (χ4n) is 2.51. The van der Waals surface area contributed by atoms with E-state index in [1.165, 1.54) is 5.56 Å². The second-order valence-corrected chi connectivity index (χ2v) is 14.7. The first-order chi connectivity index (χ1) is 12.3. The molecule has 1 aliphatic heterocycles. The minimum Gasteiger partial charge on any atom is -0.461 e. The molecule has 0 aromatic heterocycles. The third-order valence-corrected chi connectivity index (χ3v) is 10.0. The lowest BCUT2D eigenvalue weighted by Crippen LogP contribution is -2.47. The number of rotatable bonds is 5. The van der Waals surface area contributed by atoms with Crippen molar-refractivity contribution in [2.45, 2.75) is 83.6 Å². The molecule has 0 aliphatic carbocycles. The Morgan fingerprint density at radius 2 is 1.59 bits per heavy atom. The van der Waals surface area contributed by atoms with Crippen molar-refractivity contribution in [2.75, 3.05) is 6.61 Å². The summed E-state index contributed by atoms with van der Waals surface area (Å²) in [7, 11) is -1.89. The third kappa shape index (κ3) is 5.91. The first kappa shape index (κ1) is 22.1. The second kappa shape index (κ2) is 8.07. The van der Waals surface area contributed by atoms with E-state index in [1.54, 1.807) is 12.2 Å². The zero-order chi connectivity index (χ0) is 20.5. The average molecular weight is 393 g/mol. The van der Waals surface area contributed by atoms with Gasteiger partial charge in [-0.05, 0) is 47.3 Å². The average Bonchev–Trinajstić information content (AvgIpc) is 2.54. The van der Waals surface area contributed by atoms with Crippen LogP contribution < -0.4 is 4.74 Å². The lowest BCUT2D eigenvalue weighted by atomic mass is 9.87. The highest BCUT2D eigenvalue weighted by Gasteiger charge is 2.39. The van der Waals surface area contributed by atoms with E-state index in [0.717, 1.165) is 5.75 Å². The van der Waals surface area contributed by atoms with E-state index in [0.29, 0.717) is 6.61 Å². The van der Waals surface area contributed by atoms with Crippen molar-refractivity contribution in [3.63, 3.8) is 0 Å². The number of benzene rings is 1. The minimum absolute atomic E-state index is 0.107. The largest absolute Gasteiger partial charge is 0.461 e. The summed E-state index contributed by atoms with van der Waals surface area (Å²) >= 11 is 0. The number of ether oxygens (including phenoxy) is 2. The highest BCUT2D eigenvalue weighted by atomic mass is 28.4. The maximum absolute atomic E-state index is 10.2. The summed E-state index contributed by atoms with van der Waals surface area (Å²) in [6.45, 7) is 17.9. The van der Waals surface area contributed by atoms with Crippen molar-refractivity contribution < 1.29 is 19.0 Å². The second-order valence-electron chi connectivity index (χ2n) is 9.88. The molecule has 1 N–H and O–H groups in total. The molecule has 1 aliphatic rings.